The van der Waals surface area contributed by atoms with Crippen molar-refractivity contribution >= 4 is 5.69 Å². The molecule has 1 aromatic heterocycles. The van der Waals surface area contributed by atoms with Crippen LogP contribution in [0.4, 0.5) is 5.69 Å². The van der Waals surface area contributed by atoms with E-state index in [0.29, 0.717) is 6.54 Å². The number of anilines is 1. The minimum atomic E-state index is 0.708. The standard InChI is InChI=1S/C12H19N3O/c13-11-2-1-5-15-12(11)8-14-6-7-16-9-10-3-4-10/h1-2,5,10,14H,3-4,6-9,13H2. The first-order valence-electron chi connectivity index (χ1n) is 5.84. The van der Waals surface area contributed by atoms with E-state index in [-0.39, 0.29) is 0 Å². The fourth-order valence-corrected chi connectivity index (χ4v) is 1.48. The SMILES string of the molecule is Nc1cccnc1CNCCOCC1CC1. The van der Waals surface area contributed by atoms with Gasteiger partial charge in [-0.2, -0.15) is 0 Å². The topological polar surface area (TPSA) is 60.2 Å². The van der Waals surface area contributed by atoms with Crippen LogP contribution in [0, 0.1) is 5.92 Å². The molecule has 2 rings (SSSR count). The monoisotopic (exact) mass is 221 g/mol. The Morgan fingerprint density at radius 1 is 1.50 bits per heavy atom. The number of ether oxygens (including phenoxy) is 1. The zero-order valence-corrected chi connectivity index (χ0v) is 9.48. The zero-order chi connectivity index (χ0) is 11.2. The highest BCUT2D eigenvalue weighted by Crippen LogP contribution is 2.28. The van der Waals surface area contributed by atoms with Gasteiger partial charge in [-0.3, -0.25) is 4.98 Å². The first-order chi connectivity index (χ1) is 7.86. The number of hydrogen-bond acceptors (Lipinski definition) is 4. The van der Waals surface area contributed by atoms with E-state index in [1.165, 1.54) is 12.8 Å². The Morgan fingerprint density at radius 2 is 2.38 bits per heavy atom. The molecule has 0 amide bonds. The lowest BCUT2D eigenvalue weighted by Gasteiger charge is -2.06. The molecule has 0 spiro atoms. The van der Waals surface area contributed by atoms with Gasteiger partial charge in [0.25, 0.3) is 0 Å². The third kappa shape index (κ3) is 3.79. The number of nitrogens with two attached hydrogens (primary N) is 1. The fraction of sp³-hybridized carbons (Fsp3) is 0.583. The van der Waals surface area contributed by atoms with Crippen LogP contribution in [0.25, 0.3) is 0 Å². The minimum absolute atomic E-state index is 0.708. The van der Waals surface area contributed by atoms with Gasteiger partial charge in [0, 0.05) is 25.9 Å². The van der Waals surface area contributed by atoms with Gasteiger partial charge in [-0.15, -0.1) is 0 Å². The Balaban J connectivity index is 1.55. The van der Waals surface area contributed by atoms with Gasteiger partial charge >= 0.3 is 0 Å². The van der Waals surface area contributed by atoms with Crippen molar-refractivity contribution in [1.82, 2.24) is 10.3 Å². The highest BCUT2D eigenvalue weighted by Gasteiger charge is 2.20. The molecule has 0 radical (unpaired) electrons. The van der Waals surface area contributed by atoms with Crippen LogP contribution in [-0.4, -0.2) is 24.7 Å². The number of pyridine rings is 1. The first-order valence-corrected chi connectivity index (χ1v) is 5.84. The lowest BCUT2D eigenvalue weighted by molar-refractivity contribution is 0.126. The molecule has 4 nitrogen and oxygen atoms in total. The average molecular weight is 221 g/mol. The van der Waals surface area contributed by atoms with Crippen molar-refractivity contribution < 1.29 is 4.74 Å². The molecule has 3 N–H and O–H groups in total. The van der Waals surface area contributed by atoms with Crippen LogP contribution in [0.3, 0.4) is 0 Å². The maximum absolute atomic E-state index is 5.78. The van der Waals surface area contributed by atoms with Crippen molar-refractivity contribution in [1.29, 1.82) is 0 Å². The first kappa shape index (κ1) is 11.4. The molecule has 1 saturated carbocycles. The number of nitrogen functional groups attached to an aromatic ring is 1. The Hall–Kier alpha value is -1.13. The number of rotatable bonds is 7. The zero-order valence-electron chi connectivity index (χ0n) is 9.48. The Labute approximate surface area is 96.2 Å². The van der Waals surface area contributed by atoms with Gasteiger partial charge in [0.1, 0.15) is 0 Å². The Kier molecular flexibility index (Phi) is 4.13. The summed E-state index contributed by atoms with van der Waals surface area (Å²) in [4.78, 5) is 4.21. The molecule has 0 aromatic carbocycles. The predicted octanol–water partition coefficient (Wildman–Crippen LogP) is 1.18. The minimum Gasteiger partial charge on any atom is -0.397 e. The Bertz CT molecular complexity index is 326. The van der Waals surface area contributed by atoms with E-state index in [0.717, 1.165) is 37.1 Å². The summed E-state index contributed by atoms with van der Waals surface area (Å²) in [6.07, 6.45) is 4.45. The molecule has 1 aromatic rings. The van der Waals surface area contributed by atoms with E-state index in [1.54, 1.807) is 6.20 Å². The molecule has 0 atom stereocenters. The second-order valence-corrected chi connectivity index (χ2v) is 4.23. The molecule has 1 heterocycles. The number of nitrogens with zero attached hydrogens (tertiary/aromatic N) is 1. The summed E-state index contributed by atoms with van der Waals surface area (Å²) in [7, 11) is 0. The second kappa shape index (κ2) is 5.82. The maximum atomic E-state index is 5.78. The highest BCUT2D eigenvalue weighted by molar-refractivity contribution is 5.41. The number of nitrogens with one attached hydrogen (secondary N) is 1. The molecule has 0 aliphatic heterocycles. The quantitative estimate of drug-likeness (QED) is 0.679. The van der Waals surface area contributed by atoms with Crippen molar-refractivity contribution in [2.24, 2.45) is 5.92 Å². The lowest BCUT2D eigenvalue weighted by atomic mass is 10.3. The van der Waals surface area contributed by atoms with E-state index in [1.807, 2.05) is 12.1 Å². The van der Waals surface area contributed by atoms with Crippen molar-refractivity contribution in [2.45, 2.75) is 19.4 Å². The molecular formula is C12H19N3O. The van der Waals surface area contributed by atoms with Crippen LogP contribution in [0.5, 0.6) is 0 Å². The number of aromatic nitrogens is 1. The van der Waals surface area contributed by atoms with E-state index < -0.39 is 0 Å². The van der Waals surface area contributed by atoms with Crippen LogP contribution < -0.4 is 11.1 Å². The summed E-state index contributed by atoms with van der Waals surface area (Å²) in [5.41, 5.74) is 7.43. The molecule has 1 aliphatic rings. The van der Waals surface area contributed by atoms with Gasteiger partial charge in [-0.25, -0.2) is 0 Å². The second-order valence-electron chi connectivity index (χ2n) is 4.23. The molecule has 0 unspecified atom stereocenters. The van der Waals surface area contributed by atoms with E-state index in [9.17, 15) is 0 Å². The van der Waals surface area contributed by atoms with Crippen LogP contribution in [-0.2, 0) is 11.3 Å². The number of hydrogen-bond donors (Lipinski definition) is 2. The van der Waals surface area contributed by atoms with Crippen LogP contribution in [0.1, 0.15) is 18.5 Å². The van der Waals surface area contributed by atoms with Gasteiger partial charge < -0.3 is 15.8 Å². The van der Waals surface area contributed by atoms with Crippen LogP contribution in [0.2, 0.25) is 0 Å². The van der Waals surface area contributed by atoms with Crippen LogP contribution in [0.15, 0.2) is 18.3 Å². The van der Waals surface area contributed by atoms with Gasteiger partial charge in [0.15, 0.2) is 0 Å². The molecule has 1 fully saturated rings. The van der Waals surface area contributed by atoms with E-state index >= 15 is 0 Å². The summed E-state index contributed by atoms with van der Waals surface area (Å²) in [6, 6.07) is 3.71. The molecule has 0 bridgehead atoms. The molecule has 4 heteroatoms. The van der Waals surface area contributed by atoms with Crippen LogP contribution >= 0.6 is 0 Å². The lowest BCUT2D eigenvalue weighted by Crippen LogP contribution is -2.21. The molecule has 16 heavy (non-hydrogen) atoms. The third-order valence-electron chi connectivity index (χ3n) is 2.69. The Morgan fingerprint density at radius 3 is 3.12 bits per heavy atom. The summed E-state index contributed by atoms with van der Waals surface area (Å²) < 4.78 is 5.51. The van der Waals surface area contributed by atoms with Gasteiger partial charge in [0.05, 0.1) is 18.0 Å². The maximum Gasteiger partial charge on any atom is 0.0770 e. The largest absolute Gasteiger partial charge is 0.397 e. The molecule has 0 saturated heterocycles. The van der Waals surface area contributed by atoms with Crippen molar-refractivity contribution in [3.63, 3.8) is 0 Å². The predicted molar refractivity (Wildman–Crippen MR) is 63.9 cm³/mol. The summed E-state index contributed by atoms with van der Waals surface area (Å²) in [5, 5.41) is 3.27. The van der Waals surface area contributed by atoms with Crippen molar-refractivity contribution in [2.75, 3.05) is 25.5 Å². The normalized spacial score (nSPS) is 15.2. The van der Waals surface area contributed by atoms with Gasteiger partial charge in [-0.1, -0.05) is 0 Å². The highest BCUT2D eigenvalue weighted by atomic mass is 16.5. The van der Waals surface area contributed by atoms with Gasteiger partial charge in [0.2, 0.25) is 0 Å². The molecule has 1 aliphatic carbocycles. The van der Waals surface area contributed by atoms with E-state index in [4.69, 9.17) is 10.5 Å². The van der Waals surface area contributed by atoms with E-state index in [2.05, 4.69) is 10.3 Å². The van der Waals surface area contributed by atoms with Crippen molar-refractivity contribution in [3.8, 4) is 0 Å². The molecule has 88 valence electrons. The van der Waals surface area contributed by atoms with Crippen molar-refractivity contribution in [3.05, 3.63) is 24.0 Å². The fourth-order valence-electron chi connectivity index (χ4n) is 1.48. The summed E-state index contributed by atoms with van der Waals surface area (Å²) >= 11 is 0. The van der Waals surface area contributed by atoms with Gasteiger partial charge in [-0.05, 0) is 30.9 Å². The molecular weight excluding hydrogens is 202 g/mol. The third-order valence-corrected chi connectivity index (χ3v) is 2.69. The average Bonchev–Trinajstić information content (AvgIpc) is 3.09. The summed E-state index contributed by atoms with van der Waals surface area (Å²) in [5.74, 6) is 0.839. The summed E-state index contributed by atoms with van der Waals surface area (Å²) in [6.45, 7) is 3.25. The smallest absolute Gasteiger partial charge is 0.0770 e.